The zero-order valence-electron chi connectivity index (χ0n) is 8.14. The fourth-order valence-corrected chi connectivity index (χ4v) is 0.964. The number of primary amides is 1. The first-order chi connectivity index (χ1) is 7.50. The summed E-state index contributed by atoms with van der Waals surface area (Å²) < 4.78 is 0. The lowest BCUT2D eigenvalue weighted by molar-refractivity contribution is -0.384. The number of hydrogen-bond acceptors (Lipinski definition) is 4. The van der Waals surface area contributed by atoms with Gasteiger partial charge < -0.3 is 10.8 Å². The molecule has 0 aliphatic heterocycles. The molecule has 0 aliphatic carbocycles. The van der Waals surface area contributed by atoms with E-state index in [9.17, 15) is 20.0 Å². The van der Waals surface area contributed by atoms with Gasteiger partial charge in [-0.3, -0.25) is 14.9 Å². The van der Waals surface area contributed by atoms with Gasteiger partial charge in [-0.1, -0.05) is 11.8 Å². The summed E-state index contributed by atoms with van der Waals surface area (Å²) in [5, 5.41) is 19.8. The molecule has 82 valence electrons. The Morgan fingerprint density at radius 3 is 2.81 bits per heavy atom. The Morgan fingerprint density at radius 2 is 2.25 bits per heavy atom. The van der Waals surface area contributed by atoms with Crippen molar-refractivity contribution in [3.05, 3.63) is 33.9 Å². The number of nitro groups is 1. The molecule has 16 heavy (non-hydrogen) atoms. The maximum absolute atomic E-state index is 10.4. The number of aromatic hydroxyl groups is 1. The maximum atomic E-state index is 10.4. The summed E-state index contributed by atoms with van der Waals surface area (Å²) in [6, 6.07) is 3.46. The number of non-ortho nitro benzene ring substituents is 1. The van der Waals surface area contributed by atoms with Crippen molar-refractivity contribution < 1.29 is 14.8 Å². The van der Waals surface area contributed by atoms with Gasteiger partial charge in [0.2, 0.25) is 5.91 Å². The molecule has 0 aliphatic rings. The maximum Gasteiger partial charge on any atom is 0.270 e. The third-order valence-electron chi connectivity index (χ3n) is 1.68. The van der Waals surface area contributed by atoms with Gasteiger partial charge in [0, 0.05) is 12.1 Å². The highest BCUT2D eigenvalue weighted by Gasteiger charge is 2.08. The molecule has 1 aromatic rings. The molecule has 3 N–H and O–H groups in total. The number of nitrogens with two attached hydrogens (primary N) is 1. The van der Waals surface area contributed by atoms with Gasteiger partial charge in [0.05, 0.1) is 16.9 Å². The Kier molecular flexibility index (Phi) is 3.45. The smallest absolute Gasteiger partial charge is 0.270 e. The van der Waals surface area contributed by atoms with Crippen LogP contribution < -0.4 is 5.73 Å². The minimum Gasteiger partial charge on any atom is -0.507 e. The third kappa shape index (κ3) is 2.99. The number of benzene rings is 1. The fraction of sp³-hybridized carbons (Fsp3) is 0.100. The van der Waals surface area contributed by atoms with Gasteiger partial charge in [-0.15, -0.1) is 0 Å². The SMILES string of the molecule is NC(=O)CC#Cc1cc([N+](=O)[O-])ccc1O. The number of nitro benzene ring substituents is 1. The zero-order valence-corrected chi connectivity index (χ0v) is 8.14. The molecule has 0 saturated heterocycles. The average Bonchev–Trinajstić information content (AvgIpc) is 2.20. The van der Waals surface area contributed by atoms with Crippen LogP contribution in [0, 0.1) is 22.0 Å². The monoisotopic (exact) mass is 220 g/mol. The Bertz CT molecular complexity index is 499. The van der Waals surface area contributed by atoms with Gasteiger partial charge in [0.15, 0.2) is 0 Å². The average molecular weight is 220 g/mol. The molecule has 0 aromatic heterocycles. The predicted octanol–water partition coefficient (Wildman–Crippen LogP) is 0.527. The van der Waals surface area contributed by atoms with Crippen LogP contribution in [-0.2, 0) is 4.79 Å². The lowest BCUT2D eigenvalue weighted by Gasteiger charge is -1.96. The topological polar surface area (TPSA) is 106 Å². The van der Waals surface area contributed by atoms with Crippen molar-refractivity contribution in [1.82, 2.24) is 0 Å². The van der Waals surface area contributed by atoms with Crippen LogP contribution in [0.2, 0.25) is 0 Å². The van der Waals surface area contributed by atoms with E-state index in [4.69, 9.17) is 5.73 Å². The summed E-state index contributed by atoms with van der Waals surface area (Å²) in [7, 11) is 0. The van der Waals surface area contributed by atoms with Crippen LogP contribution in [0.3, 0.4) is 0 Å². The number of amides is 1. The van der Waals surface area contributed by atoms with Gasteiger partial charge >= 0.3 is 0 Å². The number of carbonyl (C=O) groups is 1. The molecule has 0 unspecified atom stereocenters. The van der Waals surface area contributed by atoms with Crippen molar-refractivity contribution in [2.45, 2.75) is 6.42 Å². The van der Waals surface area contributed by atoms with Crippen LogP contribution >= 0.6 is 0 Å². The van der Waals surface area contributed by atoms with E-state index in [1.807, 2.05) is 0 Å². The van der Waals surface area contributed by atoms with Crippen molar-refractivity contribution in [2.75, 3.05) is 0 Å². The molecular formula is C10H8N2O4. The van der Waals surface area contributed by atoms with Crippen molar-refractivity contribution >= 4 is 11.6 Å². The number of phenols is 1. The summed E-state index contributed by atoms with van der Waals surface area (Å²) in [6.45, 7) is 0. The predicted molar refractivity (Wildman–Crippen MR) is 55.5 cm³/mol. The van der Waals surface area contributed by atoms with E-state index in [0.717, 1.165) is 12.1 Å². The first kappa shape index (κ1) is 11.5. The Balaban J connectivity index is 3.01. The molecule has 1 aromatic carbocycles. The van der Waals surface area contributed by atoms with Gasteiger partial charge in [-0.05, 0) is 6.07 Å². The van der Waals surface area contributed by atoms with E-state index >= 15 is 0 Å². The molecule has 0 fully saturated rings. The fourth-order valence-electron chi connectivity index (χ4n) is 0.964. The van der Waals surface area contributed by atoms with Crippen LogP contribution in [0.25, 0.3) is 0 Å². The summed E-state index contributed by atoms with van der Waals surface area (Å²) in [5.41, 5.74) is 4.77. The summed E-state index contributed by atoms with van der Waals surface area (Å²) in [4.78, 5) is 20.2. The van der Waals surface area contributed by atoms with Gasteiger partial charge in [0.25, 0.3) is 5.69 Å². The van der Waals surface area contributed by atoms with E-state index in [-0.39, 0.29) is 23.4 Å². The van der Waals surface area contributed by atoms with Crippen molar-refractivity contribution in [3.8, 4) is 17.6 Å². The lowest BCUT2D eigenvalue weighted by Crippen LogP contribution is -2.08. The Labute approximate surface area is 90.8 Å². The molecule has 0 atom stereocenters. The van der Waals surface area contributed by atoms with E-state index in [1.165, 1.54) is 6.07 Å². The highest BCUT2D eigenvalue weighted by Crippen LogP contribution is 2.21. The molecule has 1 amide bonds. The molecule has 0 heterocycles. The first-order valence-electron chi connectivity index (χ1n) is 4.25. The van der Waals surface area contributed by atoms with Gasteiger partial charge in [-0.2, -0.15) is 0 Å². The molecule has 0 bridgehead atoms. The minimum absolute atomic E-state index is 0.0930. The first-order valence-corrected chi connectivity index (χ1v) is 4.25. The van der Waals surface area contributed by atoms with E-state index in [1.54, 1.807) is 0 Å². The summed E-state index contributed by atoms with van der Waals surface area (Å²) in [5.74, 6) is 4.06. The van der Waals surface area contributed by atoms with Crippen molar-refractivity contribution in [1.29, 1.82) is 0 Å². The second-order valence-electron chi connectivity index (χ2n) is 2.90. The van der Waals surface area contributed by atoms with Crippen LogP contribution in [0.4, 0.5) is 5.69 Å². The van der Waals surface area contributed by atoms with E-state index in [2.05, 4.69) is 11.8 Å². The number of rotatable bonds is 2. The van der Waals surface area contributed by atoms with Crippen LogP contribution in [0.1, 0.15) is 12.0 Å². The highest BCUT2D eigenvalue weighted by atomic mass is 16.6. The van der Waals surface area contributed by atoms with E-state index < -0.39 is 10.8 Å². The third-order valence-corrected chi connectivity index (χ3v) is 1.68. The molecule has 0 radical (unpaired) electrons. The molecule has 1 rings (SSSR count). The highest BCUT2D eigenvalue weighted by molar-refractivity contribution is 5.76. The normalized spacial score (nSPS) is 9.00. The largest absolute Gasteiger partial charge is 0.507 e. The Morgan fingerprint density at radius 1 is 1.56 bits per heavy atom. The zero-order chi connectivity index (χ0) is 12.1. The molecule has 6 nitrogen and oxygen atoms in total. The number of phenolic OH excluding ortho intramolecular Hbond substituents is 1. The Hall–Kier alpha value is -2.55. The molecule has 0 saturated carbocycles. The lowest BCUT2D eigenvalue weighted by atomic mass is 10.2. The van der Waals surface area contributed by atoms with Gasteiger partial charge in [-0.25, -0.2) is 0 Å². The molecule has 0 spiro atoms. The van der Waals surface area contributed by atoms with E-state index in [0.29, 0.717) is 0 Å². The second kappa shape index (κ2) is 4.79. The van der Waals surface area contributed by atoms with Crippen LogP contribution in [-0.4, -0.2) is 15.9 Å². The van der Waals surface area contributed by atoms with Crippen molar-refractivity contribution in [2.24, 2.45) is 5.73 Å². The van der Waals surface area contributed by atoms with Crippen LogP contribution in [0.5, 0.6) is 5.75 Å². The number of hydrogen-bond donors (Lipinski definition) is 2. The quantitative estimate of drug-likeness (QED) is 0.430. The summed E-state index contributed by atoms with van der Waals surface area (Å²) in [6.07, 6.45) is -0.165. The number of nitrogens with zero attached hydrogens (tertiary/aromatic N) is 1. The second-order valence-corrected chi connectivity index (χ2v) is 2.90. The molecular weight excluding hydrogens is 212 g/mol. The van der Waals surface area contributed by atoms with Crippen LogP contribution in [0.15, 0.2) is 18.2 Å². The number of carbonyl (C=O) groups excluding carboxylic acids is 1. The summed E-state index contributed by atoms with van der Waals surface area (Å²) >= 11 is 0. The molecule has 6 heteroatoms. The van der Waals surface area contributed by atoms with Crippen molar-refractivity contribution in [3.63, 3.8) is 0 Å². The van der Waals surface area contributed by atoms with Gasteiger partial charge in [0.1, 0.15) is 5.75 Å². The standard InChI is InChI=1S/C10H8N2O4/c11-10(14)3-1-2-7-6-8(12(15)16)4-5-9(7)13/h4-6,13H,3H2,(H2,11,14). The minimum atomic E-state index is -0.600.